The number of rotatable bonds is 3. The van der Waals surface area contributed by atoms with Gasteiger partial charge in [-0.3, -0.25) is 4.79 Å². The second-order valence-electron chi connectivity index (χ2n) is 2.62. The number of nitrogens with zero attached hydrogens (tertiary/aromatic N) is 3. The van der Waals surface area contributed by atoms with E-state index in [1.807, 2.05) is 6.92 Å². The van der Waals surface area contributed by atoms with Gasteiger partial charge in [0, 0.05) is 13.6 Å². The Labute approximate surface area is 82.7 Å². The van der Waals surface area contributed by atoms with Crippen molar-refractivity contribution in [2.45, 2.75) is 6.92 Å². The predicted molar refractivity (Wildman–Crippen MR) is 55.6 cm³/mol. The summed E-state index contributed by atoms with van der Waals surface area (Å²) in [6, 6.07) is 0. The van der Waals surface area contributed by atoms with Crippen LogP contribution in [0.3, 0.4) is 0 Å². The molecule has 0 unspecified atom stereocenters. The van der Waals surface area contributed by atoms with Gasteiger partial charge in [-0.1, -0.05) is 0 Å². The molecule has 0 aromatic carbocycles. The molecule has 1 amide bonds. The Kier molecular flexibility index (Phi) is 5.05. The number of carbonyl (C=O) groups is 1. The Morgan fingerprint density at radius 3 is 2.36 bits per heavy atom. The summed E-state index contributed by atoms with van der Waals surface area (Å²) in [4.78, 5) is 19.9. The Morgan fingerprint density at radius 2 is 1.93 bits per heavy atom. The van der Waals surface area contributed by atoms with Crippen LogP contribution in [0.1, 0.15) is 6.92 Å². The summed E-state index contributed by atoms with van der Waals surface area (Å²) in [6.45, 7) is 2.44. The number of aliphatic imine (C=N–C) groups is 2. The third-order valence-electron chi connectivity index (χ3n) is 1.52. The first kappa shape index (κ1) is 12.2. The fraction of sp³-hybridized carbons (Fsp3) is 0.571. The normalized spacial score (nSPS) is 10.9. The quantitative estimate of drug-likeness (QED) is 0.362. The van der Waals surface area contributed by atoms with Crippen LogP contribution >= 0.6 is 0 Å². The smallest absolute Gasteiger partial charge is 0.244 e. The minimum atomic E-state index is -0.178. The fourth-order valence-electron chi connectivity index (χ4n) is 0.613. The molecule has 0 rings (SSSR count). The van der Waals surface area contributed by atoms with Gasteiger partial charge in [0.1, 0.15) is 6.54 Å². The molecule has 0 aliphatic heterocycles. The highest BCUT2D eigenvalue weighted by atomic mass is 16.2. The van der Waals surface area contributed by atoms with E-state index in [-0.39, 0.29) is 24.4 Å². The first-order chi connectivity index (χ1) is 6.47. The first-order valence-electron chi connectivity index (χ1n) is 4.10. The molecule has 0 saturated heterocycles. The van der Waals surface area contributed by atoms with E-state index < -0.39 is 0 Å². The average molecular weight is 200 g/mol. The van der Waals surface area contributed by atoms with Crippen LogP contribution in [0.5, 0.6) is 0 Å². The van der Waals surface area contributed by atoms with E-state index in [9.17, 15) is 4.79 Å². The van der Waals surface area contributed by atoms with Crippen molar-refractivity contribution in [3.63, 3.8) is 0 Å². The van der Waals surface area contributed by atoms with Gasteiger partial charge in [-0.2, -0.15) is 4.99 Å². The van der Waals surface area contributed by atoms with Crippen molar-refractivity contribution in [2.75, 3.05) is 20.1 Å². The van der Waals surface area contributed by atoms with Gasteiger partial charge in [0.15, 0.2) is 5.96 Å². The number of guanidine groups is 2. The molecule has 0 heterocycles. The van der Waals surface area contributed by atoms with Crippen molar-refractivity contribution in [3.8, 4) is 0 Å². The number of hydrogen-bond donors (Lipinski definition) is 3. The molecule has 0 bridgehead atoms. The number of nitrogens with two attached hydrogens (primary N) is 3. The SMILES string of the molecule is CCN(C)C(=O)CN=C(N)N=C(N)N. The van der Waals surface area contributed by atoms with Gasteiger partial charge in [-0.05, 0) is 6.92 Å². The van der Waals surface area contributed by atoms with E-state index in [4.69, 9.17) is 17.2 Å². The molecule has 0 saturated carbocycles. The molecule has 0 fully saturated rings. The number of amides is 1. The first-order valence-corrected chi connectivity index (χ1v) is 4.10. The molecular formula is C7H16N6O. The molecule has 0 spiro atoms. The standard InChI is InChI=1S/C7H16N6O/c1-3-13(2)5(14)4-11-7(10)12-6(8)9/h3-4H2,1-2H3,(H6,8,9,10,11,12). The van der Waals surface area contributed by atoms with Crippen LogP contribution in [0, 0.1) is 0 Å². The third kappa shape index (κ3) is 4.96. The van der Waals surface area contributed by atoms with Gasteiger partial charge in [0.25, 0.3) is 0 Å². The lowest BCUT2D eigenvalue weighted by atomic mass is 10.5. The summed E-state index contributed by atoms with van der Waals surface area (Å²) in [6.07, 6.45) is 0. The summed E-state index contributed by atoms with van der Waals surface area (Å²) in [5.74, 6) is -0.411. The third-order valence-corrected chi connectivity index (χ3v) is 1.52. The van der Waals surface area contributed by atoms with Gasteiger partial charge < -0.3 is 22.1 Å². The zero-order valence-electron chi connectivity index (χ0n) is 8.40. The minimum Gasteiger partial charge on any atom is -0.370 e. The lowest BCUT2D eigenvalue weighted by Gasteiger charge is -2.12. The molecule has 80 valence electrons. The molecule has 0 aromatic rings. The number of carbonyl (C=O) groups excluding carboxylic acids is 1. The zero-order valence-corrected chi connectivity index (χ0v) is 8.40. The zero-order chi connectivity index (χ0) is 11.1. The summed E-state index contributed by atoms with van der Waals surface area (Å²) in [7, 11) is 1.68. The summed E-state index contributed by atoms with van der Waals surface area (Å²) in [5.41, 5.74) is 15.4. The van der Waals surface area contributed by atoms with Gasteiger partial charge in [-0.25, -0.2) is 4.99 Å². The predicted octanol–water partition coefficient (Wildman–Crippen LogP) is -1.95. The van der Waals surface area contributed by atoms with Crippen molar-refractivity contribution in [2.24, 2.45) is 27.2 Å². The van der Waals surface area contributed by atoms with E-state index in [0.29, 0.717) is 6.54 Å². The summed E-state index contributed by atoms with van der Waals surface area (Å²) < 4.78 is 0. The minimum absolute atomic E-state index is 0.0487. The molecule has 7 nitrogen and oxygen atoms in total. The molecule has 0 aliphatic carbocycles. The van der Waals surface area contributed by atoms with Crippen molar-refractivity contribution >= 4 is 17.8 Å². The maximum Gasteiger partial charge on any atom is 0.244 e. The second kappa shape index (κ2) is 5.79. The lowest BCUT2D eigenvalue weighted by molar-refractivity contribution is -0.128. The van der Waals surface area contributed by atoms with E-state index in [0.717, 1.165) is 0 Å². The Morgan fingerprint density at radius 1 is 1.36 bits per heavy atom. The molecule has 0 aliphatic rings. The highest BCUT2D eigenvalue weighted by molar-refractivity contribution is 5.93. The van der Waals surface area contributed by atoms with Crippen LogP contribution < -0.4 is 17.2 Å². The number of likely N-dealkylation sites (N-methyl/N-ethyl adjacent to an activating group) is 1. The molecule has 14 heavy (non-hydrogen) atoms. The summed E-state index contributed by atoms with van der Waals surface area (Å²) in [5, 5.41) is 0. The fourth-order valence-corrected chi connectivity index (χ4v) is 0.613. The highest BCUT2D eigenvalue weighted by Gasteiger charge is 2.04. The van der Waals surface area contributed by atoms with E-state index in [1.54, 1.807) is 7.05 Å². The van der Waals surface area contributed by atoms with Gasteiger partial charge in [0.05, 0.1) is 0 Å². The molecule has 0 atom stereocenters. The van der Waals surface area contributed by atoms with Crippen molar-refractivity contribution in [1.82, 2.24) is 4.90 Å². The molecule has 0 radical (unpaired) electrons. The van der Waals surface area contributed by atoms with E-state index in [2.05, 4.69) is 9.98 Å². The van der Waals surface area contributed by atoms with Crippen LogP contribution in [-0.2, 0) is 4.79 Å². The molecule has 0 aromatic heterocycles. The molecular weight excluding hydrogens is 184 g/mol. The van der Waals surface area contributed by atoms with Gasteiger partial charge in [0.2, 0.25) is 11.9 Å². The van der Waals surface area contributed by atoms with Crippen molar-refractivity contribution in [3.05, 3.63) is 0 Å². The van der Waals surface area contributed by atoms with Crippen LogP contribution in [0.2, 0.25) is 0 Å². The molecule has 7 heteroatoms. The maximum absolute atomic E-state index is 11.2. The van der Waals surface area contributed by atoms with Gasteiger partial charge in [-0.15, -0.1) is 0 Å². The van der Waals surface area contributed by atoms with Crippen molar-refractivity contribution in [1.29, 1.82) is 0 Å². The maximum atomic E-state index is 11.2. The van der Waals surface area contributed by atoms with Crippen LogP contribution in [0.15, 0.2) is 9.98 Å². The van der Waals surface area contributed by atoms with Crippen LogP contribution in [-0.4, -0.2) is 42.9 Å². The van der Waals surface area contributed by atoms with Crippen LogP contribution in [0.4, 0.5) is 0 Å². The molecule has 6 N–H and O–H groups in total. The largest absolute Gasteiger partial charge is 0.370 e. The van der Waals surface area contributed by atoms with Gasteiger partial charge >= 0.3 is 0 Å². The highest BCUT2D eigenvalue weighted by Crippen LogP contribution is 1.85. The van der Waals surface area contributed by atoms with E-state index >= 15 is 0 Å². The lowest BCUT2D eigenvalue weighted by Crippen LogP contribution is -2.30. The Hall–Kier alpha value is -1.79. The number of hydrogen-bond acceptors (Lipinski definition) is 2. The summed E-state index contributed by atoms with van der Waals surface area (Å²) >= 11 is 0. The second-order valence-corrected chi connectivity index (χ2v) is 2.62. The topological polar surface area (TPSA) is 123 Å². The average Bonchev–Trinajstić information content (AvgIpc) is 2.11. The monoisotopic (exact) mass is 200 g/mol. The Balaban J connectivity index is 4.16. The Bertz CT molecular complexity index is 255. The van der Waals surface area contributed by atoms with Crippen molar-refractivity contribution < 1.29 is 4.79 Å². The van der Waals surface area contributed by atoms with E-state index in [1.165, 1.54) is 4.90 Å². The van der Waals surface area contributed by atoms with Crippen LogP contribution in [0.25, 0.3) is 0 Å².